The molecule has 9 heteroatoms. The van der Waals surface area contributed by atoms with Crippen molar-refractivity contribution < 1.29 is 22.7 Å². The highest BCUT2D eigenvalue weighted by molar-refractivity contribution is 7.89. The predicted octanol–water partition coefficient (Wildman–Crippen LogP) is 1.07. The average Bonchev–Trinajstić information content (AvgIpc) is 2.72. The first kappa shape index (κ1) is 21.3. The Morgan fingerprint density at radius 1 is 1.18 bits per heavy atom. The van der Waals surface area contributed by atoms with Crippen LogP contribution >= 0.6 is 0 Å². The normalized spacial score (nSPS) is 15.6. The molecule has 1 aliphatic heterocycles. The van der Waals surface area contributed by atoms with Gasteiger partial charge in [0.05, 0.1) is 10.5 Å². The lowest BCUT2D eigenvalue weighted by atomic mass is 10.2. The lowest BCUT2D eigenvalue weighted by molar-refractivity contribution is -0.148. The van der Waals surface area contributed by atoms with Crippen LogP contribution in [0.4, 0.5) is 0 Å². The maximum absolute atomic E-state index is 12.8. The molecular formula is C19H21N3O5S. The van der Waals surface area contributed by atoms with Gasteiger partial charge in [0.2, 0.25) is 10.0 Å². The predicted molar refractivity (Wildman–Crippen MR) is 101 cm³/mol. The number of hydrogen-bond donors (Lipinski definition) is 0. The number of ether oxygens (including phenoxy) is 1. The summed E-state index contributed by atoms with van der Waals surface area (Å²) in [5.74, 6) is -1.01. The van der Waals surface area contributed by atoms with Crippen molar-refractivity contribution in [2.24, 2.45) is 0 Å². The number of hydrogen-bond acceptors (Lipinski definition) is 6. The second kappa shape index (κ2) is 9.82. The van der Waals surface area contributed by atoms with Crippen LogP contribution in [0.5, 0.6) is 0 Å². The van der Waals surface area contributed by atoms with E-state index in [9.17, 15) is 18.0 Å². The van der Waals surface area contributed by atoms with E-state index in [0.717, 1.165) is 0 Å². The van der Waals surface area contributed by atoms with Gasteiger partial charge in [0.15, 0.2) is 6.61 Å². The minimum absolute atomic E-state index is 0.0425. The highest BCUT2D eigenvalue weighted by atomic mass is 32.2. The first-order valence-electron chi connectivity index (χ1n) is 8.63. The lowest BCUT2D eigenvalue weighted by Gasteiger charge is -2.34. The van der Waals surface area contributed by atoms with Gasteiger partial charge in [0.1, 0.15) is 6.07 Å². The molecule has 0 N–H and O–H groups in total. The molecule has 0 atom stereocenters. The molecule has 0 bridgehead atoms. The summed E-state index contributed by atoms with van der Waals surface area (Å²) in [4.78, 5) is 25.0. The van der Waals surface area contributed by atoms with Crippen LogP contribution in [0.2, 0.25) is 0 Å². The molecule has 1 heterocycles. The summed E-state index contributed by atoms with van der Waals surface area (Å²) in [7, 11) is -3.82. The fourth-order valence-electron chi connectivity index (χ4n) is 2.62. The van der Waals surface area contributed by atoms with E-state index in [1.54, 1.807) is 31.2 Å². The molecular weight excluding hydrogens is 382 g/mol. The van der Waals surface area contributed by atoms with E-state index < -0.39 is 22.6 Å². The van der Waals surface area contributed by atoms with Gasteiger partial charge in [0.25, 0.3) is 5.91 Å². The molecule has 1 aromatic rings. The topological polar surface area (TPSA) is 108 Å². The maximum atomic E-state index is 12.8. The third kappa shape index (κ3) is 5.28. The summed E-state index contributed by atoms with van der Waals surface area (Å²) in [5.41, 5.74) is 0.0823. The van der Waals surface area contributed by atoms with E-state index in [4.69, 9.17) is 10.00 Å². The number of sulfonamides is 1. The summed E-state index contributed by atoms with van der Waals surface area (Å²) in [6.45, 7) is 1.96. The Bertz CT molecular complexity index is 923. The number of allylic oxidation sites excluding steroid dienone is 3. The standard InChI is InChI=1S/C19H21N3O5S/c1-2-3-4-9-19(24)27-15-18(23)21-10-12-22(13-11-21)28(25,26)17-8-6-5-7-16(17)14-20/h2-9H,10-13,15H2,1H3/b3-2+,9-4+. The van der Waals surface area contributed by atoms with Crippen LogP contribution < -0.4 is 0 Å². The second-order valence-electron chi connectivity index (χ2n) is 5.89. The number of rotatable bonds is 6. The summed E-state index contributed by atoms with van der Waals surface area (Å²) >= 11 is 0. The Morgan fingerprint density at radius 2 is 1.86 bits per heavy atom. The zero-order chi connectivity index (χ0) is 20.6. The fourth-order valence-corrected chi connectivity index (χ4v) is 4.18. The molecule has 0 radical (unpaired) electrons. The van der Waals surface area contributed by atoms with Crippen molar-refractivity contribution in [1.82, 2.24) is 9.21 Å². The molecule has 1 aromatic carbocycles. The van der Waals surface area contributed by atoms with Gasteiger partial charge in [-0.05, 0) is 19.1 Å². The number of amides is 1. The smallest absolute Gasteiger partial charge is 0.331 e. The number of benzene rings is 1. The number of carbonyl (C=O) groups excluding carboxylic acids is 2. The molecule has 1 aliphatic rings. The average molecular weight is 403 g/mol. The van der Waals surface area contributed by atoms with E-state index in [1.807, 2.05) is 6.07 Å². The molecule has 1 fully saturated rings. The zero-order valence-corrected chi connectivity index (χ0v) is 16.3. The summed E-state index contributed by atoms with van der Waals surface area (Å²) in [6.07, 6.45) is 6.13. The SMILES string of the molecule is C/C=C/C=C/C(=O)OCC(=O)N1CCN(S(=O)(=O)c2ccccc2C#N)CC1. The van der Waals surface area contributed by atoms with Crippen molar-refractivity contribution in [3.8, 4) is 6.07 Å². The summed E-state index contributed by atoms with van der Waals surface area (Å²) < 4.78 is 31.7. The lowest BCUT2D eigenvalue weighted by Crippen LogP contribution is -2.51. The molecule has 28 heavy (non-hydrogen) atoms. The molecule has 0 unspecified atom stereocenters. The minimum Gasteiger partial charge on any atom is -0.452 e. The Kier molecular flexibility index (Phi) is 7.49. The van der Waals surface area contributed by atoms with Crippen LogP contribution in [0, 0.1) is 11.3 Å². The molecule has 2 rings (SSSR count). The van der Waals surface area contributed by atoms with Crippen molar-refractivity contribution >= 4 is 21.9 Å². The highest BCUT2D eigenvalue weighted by Gasteiger charge is 2.31. The van der Waals surface area contributed by atoms with Gasteiger partial charge in [-0.25, -0.2) is 13.2 Å². The van der Waals surface area contributed by atoms with Crippen molar-refractivity contribution in [2.75, 3.05) is 32.8 Å². The third-order valence-electron chi connectivity index (χ3n) is 4.09. The van der Waals surface area contributed by atoms with Crippen LogP contribution in [0.25, 0.3) is 0 Å². The molecule has 1 saturated heterocycles. The van der Waals surface area contributed by atoms with E-state index >= 15 is 0 Å². The second-order valence-corrected chi connectivity index (χ2v) is 7.79. The number of nitriles is 1. The van der Waals surface area contributed by atoms with Crippen molar-refractivity contribution in [3.05, 3.63) is 54.1 Å². The molecule has 148 valence electrons. The van der Waals surface area contributed by atoms with Crippen LogP contribution in [-0.4, -0.2) is 62.3 Å². The minimum atomic E-state index is -3.82. The third-order valence-corrected chi connectivity index (χ3v) is 6.05. The van der Waals surface area contributed by atoms with Crippen LogP contribution in [-0.2, 0) is 24.3 Å². The van der Waals surface area contributed by atoms with E-state index in [1.165, 1.54) is 33.5 Å². The summed E-state index contributed by atoms with van der Waals surface area (Å²) in [5, 5.41) is 9.13. The van der Waals surface area contributed by atoms with Crippen LogP contribution in [0.15, 0.2) is 53.5 Å². The van der Waals surface area contributed by atoms with Gasteiger partial charge in [-0.1, -0.05) is 30.4 Å². The van der Waals surface area contributed by atoms with E-state index in [2.05, 4.69) is 0 Å². The maximum Gasteiger partial charge on any atom is 0.331 e. The Labute approximate surface area is 164 Å². The Hall–Kier alpha value is -2.96. The Morgan fingerprint density at radius 3 is 2.50 bits per heavy atom. The van der Waals surface area contributed by atoms with Crippen molar-refractivity contribution in [3.63, 3.8) is 0 Å². The number of piperazine rings is 1. The van der Waals surface area contributed by atoms with E-state index in [0.29, 0.717) is 0 Å². The van der Waals surface area contributed by atoms with Gasteiger partial charge < -0.3 is 9.64 Å². The van der Waals surface area contributed by atoms with Crippen LogP contribution in [0.1, 0.15) is 12.5 Å². The molecule has 8 nitrogen and oxygen atoms in total. The Balaban J connectivity index is 1.92. The molecule has 1 amide bonds. The largest absolute Gasteiger partial charge is 0.452 e. The summed E-state index contributed by atoms with van der Waals surface area (Å²) in [6, 6.07) is 7.89. The first-order valence-corrected chi connectivity index (χ1v) is 10.1. The quantitative estimate of drug-likeness (QED) is 0.399. The van der Waals surface area contributed by atoms with Crippen LogP contribution in [0.3, 0.4) is 0 Å². The van der Waals surface area contributed by atoms with Gasteiger partial charge >= 0.3 is 5.97 Å². The molecule has 0 saturated carbocycles. The number of nitrogens with zero attached hydrogens (tertiary/aromatic N) is 3. The first-order chi connectivity index (χ1) is 13.4. The van der Waals surface area contributed by atoms with Crippen molar-refractivity contribution in [2.45, 2.75) is 11.8 Å². The van der Waals surface area contributed by atoms with E-state index in [-0.39, 0.29) is 42.5 Å². The van der Waals surface area contributed by atoms with Gasteiger partial charge in [-0.15, -0.1) is 0 Å². The van der Waals surface area contributed by atoms with Gasteiger partial charge in [-0.2, -0.15) is 9.57 Å². The van der Waals surface area contributed by atoms with Gasteiger partial charge in [0, 0.05) is 32.3 Å². The van der Waals surface area contributed by atoms with Gasteiger partial charge in [-0.3, -0.25) is 4.79 Å². The highest BCUT2D eigenvalue weighted by Crippen LogP contribution is 2.21. The number of esters is 1. The molecule has 0 aromatic heterocycles. The molecule has 0 aliphatic carbocycles. The molecule has 0 spiro atoms. The monoisotopic (exact) mass is 403 g/mol. The van der Waals surface area contributed by atoms with Crippen molar-refractivity contribution in [1.29, 1.82) is 5.26 Å². The zero-order valence-electron chi connectivity index (χ0n) is 15.4. The number of carbonyl (C=O) groups is 2. The fraction of sp³-hybridized carbons (Fsp3) is 0.316.